The molecule has 94 valence electrons. The predicted octanol–water partition coefficient (Wildman–Crippen LogP) is 4.21. The van der Waals surface area contributed by atoms with E-state index in [1.807, 2.05) is 12.1 Å². The summed E-state index contributed by atoms with van der Waals surface area (Å²) < 4.78 is 13.7. The van der Waals surface area contributed by atoms with Crippen molar-refractivity contribution in [3.63, 3.8) is 0 Å². The smallest absolute Gasteiger partial charge is 0.137 e. The van der Waals surface area contributed by atoms with Crippen LogP contribution in [0.15, 0.2) is 22.7 Å². The van der Waals surface area contributed by atoms with Crippen molar-refractivity contribution in [2.75, 3.05) is 13.6 Å². The lowest BCUT2D eigenvalue weighted by molar-refractivity contribution is 0.271. The Balaban J connectivity index is 1.88. The summed E-state index contributed by atoms with van der Waals surface area (Å²) in [4.78, 5) is 2.34. The molecule has 0 heterocycles. The van der Waals surface area contributed by atoms with Crippen molar-refractivity contribution < 1.29 is 4.39 Å². The molecule has 0 aromatic heterocycles. The Bertz CT molecular complexity index is 374. The fourth-order valence-corrected chi connectivity index (χ4v) is 3.07. The van der Waals surface area contributed by atoms with Crippen molar-refractivity contribution in [1.29, 1.82) is 0 Å². The van der Waals surface area contributed by atoms with E-state index < -0.39 is 0 Å². The highest BCUT2D eigenvalue weighted by atomic mass is 79.9. The number of hydrogen-bond donors (Lipinski definition) is 0. The van der Waals surface area contributed by atoms with Gasteiger partial charge in [0.2, 0.25) is 0 Å². The summed E-state index contributed by atoms with van der Waals surface area (Å²) in [5.74, 6) is 0.677. The first-order chi connectivity index (χ1) is 8.15. The van der Waals surface area contributed by atoms with Gasteiger partial charge in [-0.05, 0) is 59.4 Å². The van der Waals surface area contributed by atoms with Crippen LogP contribution >= 0.6 is 15.9 Å². The Hall–Kier alpha value is -0.410. The zero-order valence-corrected chi connectivity index (χ0v) is 11.8. The highest BCUT2D eigenvalue weighted by Crippen LogP contribution is 2.25. The second kappa shape index (κ2) is 5.96. The molecular weight excluding hydrogens is 281 g/mol. The number of nitrogens with zero attached hydrogens (tertiary/aromatic N) is 1. The van der Waals surface area contributed by atoms with Gasteiger partial charge >= 0.3 is 0 Å². The number of halogens is 2. The van der Waals surface area contributed by atoms with Crippen LogP contribution in [0.25, 0.3) is 0 Å². The van der Waals surface area contributed by atoms with Crippen molar-refractivity contribution in [3.05, 3.63) is 34.1 Å². The first kappa shape index (κ1) is 13.0. The average molecular weight is 300 g/mol. The maximum atomic E-state index is 13.1. The number of benzene rings is 1. The molecule has 0 atom stereocenters. The normalized spacial score (nSPS) is 16.9. The van der Waals surface area contributed by atoms with Gasteiger partial charge in [0, 0.05) is 13.1 Å². The summed E-state index contributed by atoms with van der Waals surface area (Å²) in [6, 6.07) is 5.27. The molecule has 1 aliphatic carbocycles. The van der Waals surface area contributed by atoms with Crippen LogP contribution in [0.5, 0.6) is 0 Å². The van der Waals surface area contributed by atoms with Crippen molar-refractivity contribution in [2.24, 2.45) is 5.92 Å². The van der Waals surface area contributed by atoms with E-state index in [9.17, 15) is 4.39 Å². The Labute approximate surface area is 111 Å². The standard InChI is InChI=1S/C14H19BrFN/c1-17(9-11-4-2-3-5-11)10-12-6-7-14(16)13(15)8-12/h6-8,11H,2-5,9-10H2,1H3. The molecule has 2 rings (SSSR count). The van der Waals surface area contributed by atoms with E-state index in [2.05, 4.69) is 27.9 Å². The van der Waals surface area contributed by atoms with Gasteiger partial charge in [-0.1, -0.05) is 18.9 Å². The van der Waals surface area contributed by atoms with Crippen LogP contribution in [0, 0.1) is 11.7 Å². The molecule has 1 aromatic carbocycles. The highest BCUT2D eigenvalue weighted by Gasteiger charge is 2.16. The van der Waals surface area contributed by atoms with Crippen LogP contribution in [-0.2, 0) is 6.54 Å². The maximum Gasteiger partial charge on any atom is 0.137 e. The molecule has 0 spiro atoms. The molecule has 0 bridgehead atoms. The lowest BCUT2D eigenvalue weighted by Gasteiger charge is -2.20. The van der Waals surface area contributed by atoms with Crippen LogP contribution in [0.4, 0.5) is 4.39 Å². The minimum absolute atomic E-state index is 0.188. The third-order valence-electron chi connectivity index (χ3n) is 3.48. The lowest BCUT2D eigenvalue weighted by Crippen LogP contribution is -2.24. The molecule has 1 saturated carbocycles. The van der Waals surface area contributed by atoms with Crippen LogP contribution in [-0.4, -0.2) is 18.5 Å². The van der Waals surface area contributed by atoms with Gasteiger partial charge in [0.05, 0.1) is 4.47 Å². The second-order valence-corrected chi connectivity index (χ2v) is 5.95. The van der Waals surface area contributed by atoms with Gasteiger partial charge in [0.25, 0.3) is 0 Å². The first-order valence-corrected chi connectivity index (χ1v) is 7.07. The molecular formula is C14H19BrFN. The largest absolute Gasteiger partial charge is 0.302 e. The van der Waals surface area contributed by atoms with Gasteiger partial charge in [0.15, 0.2) is 0 Å². The summed E-state index contributed by atoms with van der Waals surface area (Å²) in [7, 11) is 2.15. The fraction of sp³-hybridized carbons (Fsp3) is 0.571. The first-order valence-electron chi connectivity index (χ1n) is 6.27. The Morgan fingerprint density at radius 2 is 2.06 bits per heavy atom. The Morgan fingerprint density at radius 1 is 1.35 bits per heavy atom. The van der Waals surface area contributed by atoms with Crippen molar-refractivity contribution in [1.82, 2.24) is 4.90 Å². The number of hydrogen-bond acceptors (Lipinski definition) is 1. The summed E-state index contributed by atoms with van der Waals surface area (Å²) in [5.41, 5.74) is 1.17. The van der Waals surface area contributed by atoms with E-state index in [1.165, 1.54) is 37.3 Å². The number of rotatable bonds is 4. The van der Waals surface area contributed by atoms with Crippen LogP contribution in [0.1, 0.15) is 31.2 Å². The monoisotopic (exact) mass is 299 g/mol. The minimum Gasteiger partial charge on any atom is -0.302 e. The summed E-state index contributed by atoms with van der Waals surface area (Å²) in [6.07, 6.45) is 5.52. The van der Waals surface area contributed by atoms with Crippen LogP contribution in [0.3, 0.4) is 0 Å². The zero-order valence-electron chi connectivity index (χ0n) is 10.3. The molecule has 0 aliphatic heterocycles. The summed E-state index contributed by atoms with van der Waals surface area (Å²) in [6.45, 7) is 2.06. The van der Waals surface area contributed by atoms with E-state index in [0.29, 0.717) is 4.47 Å². The van der Waals surface area contributed by atoms with Gasteiger partial charge < -0.3 is 4.90 Å². The quantitative estimate of drug-likeness (QED) is 0.805. The SMILES string of the molecule is CN(Cc1ccc(F)c(Br)c1)CC1CCCC1. The van der Waals surface area contributed by atoms with E-state index >= 15 is 0 Å². The Morgan fingerprint density at radius 3 is 2.71 bits per heavy atom. The molecule has 0 amide bonds. The second-order valence-electron chi connectivity index (χ2n) is 5.10. The average Bonchev–Trinajstić information content (AvgIpc) is 2.76. The minimum atomic E-state index is -0.188. The van der Waals surface area contributed by atoms with E-state index in [0.717, 1.165) is 19.0 Å². The third-order valence-corrected chi connectivity index (χ3v) is 4.09. The Kier molecular flexibility index (Phi) is 4.57. The zero-order chi connectivity index (χ0) is 12.3. The van der Waals surface area contributed by atoms with Crippen LogP contribution in [0.2, 0.25) is 0 Å². The van der Waals surface area contributed by atoms with Gasteiger partial charge in [-0.2, -0.15) is 0 Å². The van der Waals surface area contributed by atoms with Crippen molar-refractivity contribution in [3.8, 4) is 0 Å². The maximum absolute atomic E-state index is 13.1. The molecule has 1 nitrogen and oxygen atoms in total. The molecule has 17 heavy (non-hydrogen) atoms. The predicted molar refractivity (Wildman–Crippen MR) is 72.4 cm³/mol. The van der Waals surface area contributed by atoms with Gasteiger partial charge in [-0.3, -0.25) is 0 Å². The molecule has 1 fully saturated rings. The molecule has 0 N–H and O–H groups in total. The fourth-order valence-electron chi connectivity index (χ4n) is 2.65. The molecule has 0 saturated heterocycles. The molecule has 3 heteroatoms. The summed E-state index contributed by atoms with van der Waals surface area (Å²) in [5, 5.41) is 0. The third kappa shape index (κ3) is 3.78. The van der Waals surface area contributed by atoms with Crippen molar-refractivity contribution in [2.45, 2.75) is 32.2 Å². The van der Waals surface area contributed by atoms with Gasteiger partial charge in [0.1, 0.15) is 5.82 Å². The van der Waals surface area contributed by atoms with Crippen LogP contribution < -0.4 is 0 Å². The topological polar surface area (TPSA) is 3.24 Å². The molecule has 1 aromatic rings. The molecule has 1 aliphatic rings. The van der Waals surface area contributed by atoms with Gasteiger partial charge in [-0.15, -0.1) is 0 Å². The molecule has 0 unspecified atom stereocenters. The van der Waals surface area contributed by atoms with E-state index in [4.69, 9.17) is 0 Å². The highest BCUT2D eigenvalue weighted by molar-refractivity contribution is 9.10. The van der Waals surface area contributed by atoms with E-state index in [1.54, 1.807) is 0 Å². The van der Waals surface area contributed by atoms with Gasteiger partial charge in [-0.25, -0.2) is 4.39 Å². The van der Waals surface area contributed by atoms with Crippen molar-refractivity contribution >= 4 is 15.9 Å². The summed E-state index contributed by atoms with van der Waals surface area (Å²) >= 11 is 3.23. The molecule has 0 radical (unpaired) electrons. The van der Waals surface area contributed by atoms with E-state index in [-0.39, 0.29) is 5.82 Å². The lowest BCUT2D eigenvalue weighted by atomic mass is 10.1.